The van der Waals surface area contributed by atoms with E-state index in [9.17, 15) is 19.2 Å². The first-order valence-electron chi connectivity index (χ1n) is 6.45. The summed E-state index contributed by atoms with van der Waals surface area (Å²) in [6.07, 6.45) is 5.66. The fourth-order valence-corrected chi connectivity index (χ4v) is 2.12. The van der Waals surface area contributed by atoms with Gasteiger partial charge in [-0.2, -0.15) is 0 Å². The van der Waals surface area contributed by atoms with E-state index in [0.717, 1.165) is 10.4 Å². The summed E-state index contributed by atoms with van der Waals surface area (Å²) in [6, 6.07) is 6.99. The Kier molecular flexibility index (Phi) is 3.27. The van der Waals surface area contributed by atoms with Crippen molar-refractivity contribution < 1.29 is 19.2 Å². The molecule has 2 heterocycles. The molecule has 1 aromatic rings. The number of hydrogen-bond acceptors (Lipinski definition) is 4. The number of carbonyl (C=O) groups excluding carboxylic acids is 4. The van der Waals surface area contributed by atoms with Gasteiger partial charge in [-0.15, -0.1) is 0 Å². The minimum Gasteiger partial charge on any atom is -0.289 e. The van der Waals surface area contributed by atoms with Crippen molar-refractivity contribution in [2.75, 3.05) is 0 Å². The number of rotatable bonds is 2. The largest absolute Gasteiger partial charge is 0.289 e. The van der Waals surface area contributed by atoms with Crippen molar-refractivity contribution in [1.29, 1.82) is 0 Å². The summed E-state index contributed by atoms with van der Waals surface area (Å²) in [4.78, 5) is 45.0. The van der Waals surface area contributed by atoms with Gasteiger partial charge in [0.05, 0.1) is 0 Å². The van der Waals surface area contributed by atoms with Gasteiger partial charge in [-0.3, -0.25) is 29.8 Å². The molecule has 2 N–H and O–H groups in total. The first-order valence-corrected chi connectivity index (χ1v) is 6.45. The van der Waals surface area contributed by atoms with Crippen LogP contribution in [0.1, 0.15) is 0 Å². The second-order valence-electron chi connectivity index (χ2n) is 4.79. The average Bonchev–Trinajstić information content (AvgIpc) is 2.94. The second-order valence-corrected chi connectivity index (χ2v) is 4.79. The number of imide groups is 2. The van der Waals surface area contributed by atoms with E-state index in [2.05, 4.69) is 10.6 Å². The molecule has 0 radical (unpaired) electrons. The van der Waals surface area contributed by atoms with E-state index >= 15 is 0 Å². The normalized spacial score (nSPS) is 16.9. The highest BCUT2D eigenvalue weighted by Gasteiger charge is 2.18. The number of amides is 4. The fraction of sp³-hybridized carbons (Fsp3) is 0. The molecule has 6 nitrogen and oxygen atoms in total. The van der Waals surface area contributed by atoms with Crippen LogP contribution in [0.15, 0.2) is 47.6 Å². The molecule has 2 aliphatic rings. The van der Waals surface area contributed by atoms with Crippen LogP contribution in [0.4, 0.5) is 0 Å². The SMILES string of the molecule is O=C1C=C(C=c2ccc(=CC3=CC(=O)NC3=O)cc2)C(=O)N1. The zero-order valence-corrected chi connectivity index (χ0v) is 11.3. The van der Waals surface area contributed by atoms with Crippen molar-refractivity contribution in [2.45, 2.75) is 0 Å². The predicted molar refractivity (Wildman–Crippen MR) is 77.1 cm³/mol. The van der Waals surface area contributed by atoms with Crippen LogP contribution < -0.4 is 21.1 Å². The first-order chi connectivity index (χ1) is 10.5. The Bertz CT molecular complexity index is 808. The molecule has 0 fully saturated rings. The van der Waals surface area contributed by atoms with Crippen molar-refractivity contribution in [1.82, 2.24) is 10.6 Å². The minimum atomic E-state index is -0.426. The molecule has 108 valence electrons. The van der Waals surface area contributed by atoms with Crippen molar-refractivity contribution >= 4 is 35.8 Å². The Morgan fingerprint density at radius 1 is 0.636 bits per heavy atom. The molecule has 0 aromatic heterocycles. The van der Waals surface area contributed by atoms with Gasteiger partial charge in [-0.1, -0.05) is 24.3 Å². The molecule has 0 unspecified atom stereocenters. The average molecular weight is 294 g/mol. The molecule has 0 saturated heterocycles. The van der Waals surface area contributed by atoms with Crippen LogP contribution in [0.25, 0.3) is 12.2 Å². The van der Waals surface area contributed by atoms with E-state index in [4.69, 9.17) is 0 Å². The summed E-state index contributed by atoms with van der Waals surface area (Å²) < 4.78 is 0. The lowest BCUT2D eigenvalue weighted by Gasteiger charge is -1.93. The van der Waals surface area contributed by atoms with Crippen molar-refractivity contribution in [2.24, 2.45) is 0 Å². The predicted octanol–water partition coefficient (Wildman–Crippen LogP) is -1.59. The molecule has 0 bridgehead atoms. The van der Waals surface area contributed by atoms with E-state index < -0.39 is 23.6 Å². The third kappa shape index (κ3) is 2.76. The number of carbonyl (C=O) groups is 4. The van der Waals surface area contributed by atoms with E-state index in [1.54, 1.807) is 36.4 Å². The molecular formula is C16H10N2O4. The smallest absolute Gasteiger partial charge is 0.258 e. The summed E-state index contributed by atoms with van der Waals surface area (Å²) in [5, 5.41) is 5.82. The van der Waals surface area contributed by atoms with Gasteiger partial charge in [0, 0.05) is 23.3 Å². The molecule has 3 rings (SSSR count). The highest BCUT2D eigenvalue weighted by atomic mass is 16.2. The molecular weight excluding hydrogens is 284 g/mol. The highest BCUT2D eigenvalue weighted by Crippen LogP contribution is 2.04. The molecule has 22 heavy (non-hydrogen) atoms. The summed E-state index contributed by atoms with van der Waals surface area (Å²) in [5.41, 5.74) is 0.593. The Morgan fingerprint density at radius 3 is 1.27 bits per heavy atom. The molecule has 0 aliphatic carbocycles. The fourth-order valence-electron chi connectivity index (χ4n) is 2.12. The van der Waals surface area contributed by atoms with Crippen LogP contribution in [0.3, 0.4) is 0 Å². The Hall–Kier alpha value is -3.28. The summed E-state index contributed by atoms with van der Waals surface area (Å²) in [5.74, 6) is -1.70. The lowest BCUT2D eigenvalue weighted by Crippen LogP contribution is -2.22. The van der Waals surface area contributed by atoms with Crippen LogP contribution in [-0.4, -0.2) is 23.6 Å². The Labute approximate surface area is 124 Å². The monoisotopic (exact) mass is 294 g/mol. The van der Waals surface area contributed by atoms with Crippen molar-refractivity contribution in [3.05, 3.63) is 58.0 Å². The van der Waals surface area contributed by atoms with Crippen molar-refractivity contribution in [3.8, 4) is 0 Å². The van der Waals surface area contributed by atoms with Crippen LogP contribution in [-0.2, 0) is 19.2 Å². The van der Waals surface area contributed by atoms with Crippen LogP contribution in [0.2, 0.25) is 0 Å². The molecule has 1 aromatic carbocycles. The molecule has 2 aliphatic heterocycles. The van der Waals surface area contributed by atoms with Gasteiger partial charge in [-0.25, -0.2) is 0 Å². The third-order valence-corrected chi connectivity index (χ3v) is 3.15. The number of nitrogens with one attached hydrogen (secondary N) is 2. The summed E-state index contributed by atoms with van der Waals surface area (Å²) in [6.45, 7) is 0. The molecule has 4 amide bonds. The molecule has 0 saturated carbocycles. The maximum absolute atomic E-state index is 11.4. The van der Waals surface area contributed by atoms with Gasteiger partial charge in [0.15, 0.2) is 0 Å². The maximum atomic E-state index is 11.4. The molecule has 6 heteroatoms. The summed E-state index contributed by atoms with van der Waals surface area (Å²) >= 11 is 0. The summed E-state index contributed by atoms with van der Waals surface area (Å²) in [7, 11) is 0. The lowest BCUT2D eigenvalue weighted by atomic mass is 10.1. The quantitative estimate of drug-likeness (QED) is 0.644. The second kappa shape index (κ2) is 5.25. The standard InChI is InChI=1S/C16H10N2O4/c19-13-7-11(15(21)17-13)5-9-1-2-10(4-3-9)6-12-8-14(20)18-16(12)22/h1-8H,(H,17,19,21)(H,18,20,22). The third-order valence-electron chi connectivity index (χ3n) is 3.15. The van der Waals surface area contributed by atoms with E-state index in [1.807, 2.05) is 0 Å². The maximum Gasteiger partial charge on any atom is 0.258 e. The minimum absolute atomic E-state index is 0.296. The van der Waals surface area contributed by atoms with Crippen LogP contribution in [0.5, 0.6) is 0 Å². The topological polar surface area (TPSA) is 92.3 Å². The number of benzene rings is 1. The first kappa shape index (κ1) is 13.7. The van der Waals surface area contributed by atoms with E-state index in [-0.39, 0.29) is 0 Å². The van der Waals surface area contributed by atoms with Gasteiger partial charge >= 0.3 is 0 Å². The van der Waals surface area contributed by atoms with Crippen molar-refractivity contribution in [3.63, 3.8) is 0 Å². The van der Waals surface area contributed by atoms with Gasteiger partial charge in [0.2, 0.25) is 0 Å². The van der Waals surface area contributed by atoms with Crippen LogP contribution in [0, 0.1) is 0 Å². The zero-order chi connectivity index (χ0) is 15.7. The van der Waals surface area contributed by atoms with E-state index in [1.165, 1.54) is 12.2 Å². The van der Waals surface area contributed by atoms with Gasteiger partial charge in [0.1, 0.15) is 0 Å². The van der Waals surface area contributed by atoms with Gasteiger partial charge in [-0.05, 0) is 22.6 Å². The lowest BCUT2D eigenvalue weighted by molar-refractivity contribution is -0.125. The number of hydrogen-bond donors (Lipinski definition) is 2. The van der Waals surface area contributed by atoms with E-state index in [0.29, 0.717) is 11.1 Å². The zero-order valence-electron chi connectivity index (χ0n) is 11.3. The van der Waals surface area contributed by atoms with Crippen LogP contribution >= 0.6 is 0 Å². The highest BCUT2D eigenvalue weighted by molar-refractivity contribution is 6.21. The van der Waals surface area contributed by atoms with Gasteiger partial charge < -0.3 is 0 Å². The molecule has 0 spiro atoms. The molecule has 0 atom stereocenters. The Morgan fingerprint density at radius 2 is 1.00 bits per heavy atom. The Balaban J connectivity index is 1.91. The van der Waals surface area contributed by atoms with Gasteiger partial charge in [0.25, 0.3) is 23.6 Å².